The summed E-state index contributed by atoms with van der Waals surface area (Å²) in [5.41, 5.74) is 3.14. The van der Waals surface area contributed by atoms with Crippen LogP contribution in [-0.2, 0) is 0 Å². The number of amides is 2. The molecule has 0 aromatic heterocycles. The Morgan fingerprint density at radius 2 is 1.70 bits per heavy atom. The van der Waals surface area contributed by atoms with Gasteiger partial charge in [-0.1, -0.05) is 25.1 Å². The van der Waals surface area contributed by atoms with Crippen LogP contribution in [0.1, 0.15) is 53.0 Å². The zero-order valence-corrected chi connectivity index (χ0v) is 16.4. The number of aryl methyl sites for hydroxylation is 1. The topological polar surface area (TPSA) is 40.6 Å². The van der Waals surface area contributed by atoms with Crippen LogP contribution in [-0.4, -0.2) is 36.3 Å². The molecule has 2 amide bonds. The van der Waals surface area contributed by atoms with E-state index in [9.17, 15) is 9.59 Å². The van der Waals surface area contributed by atoms with Crippen LogP contribution in [0.25, 0.3) is 0 Å². The fourth-order valence-corrected chi connectivity index (χ4v) is 3.57. The highest BCUT2D eigenvalue weighted by Crippen LogP contribution is 2.21. The van der Waals surface area contributed by atoms with E-state index in [1.807, 2.05) is 43.0 Å². The second-order valence-electron chi connectivity index (χ2n) is 7.44. The number of carbonyl (C=O) groups is 2. The Bertz CT molecular complexity index is 823. The zero-order valence-electron chi connectivity index (χ0n) is 16.4. The van der Waals surface area contributed by atoms with Gasteiger partial charge in [0.05, 0.1) is 0 Å². The number of benzene rings is 2. The molecule has 142 valence electrons. The highest BCUT2D eigenvalue weighted by Gasteiger charge is 2.23. The maximum absolute atomic E-state index is 13.1. The molecule has 0 atom stereocenters. The number of rotatable bonds is 4. The van der Waals surface area contributed by atoms with Gasteiger partial charge in [0, 0.05) is 36.4 Å². The molecule has 2 aromatic carbocycles. The summed E-state index contributed by atoms with van der Waals surface area (Å²) < 4.78 is 0. The first-order valence-electron chi connectivity index (χ1n) is 9.77. The molecule has 0 N–H and O–H groups in total. The predicted molar refractivity (Wildman–Crippen MR) is 109 cm³/mol. The molecular weight excluding hydrogens is 336 g/mol. The first kappa shape index (κ1) is 19.2. The van der Waals surface area contributed by atoms with Crippen LogP contribution in [0.4, 0.5) is 5.69 Å². The molecule has 1 saturated heterocycles. The molecule has 0 spiro atoms. The Hall–Kier alpha value is -2.62. The number of hydrogen-bond donors (Lipinski definition) is 0. The fraction of sp³-hybridized carbons (Fsp3) is 0.391. The molecule has 0 bridgehead atoms. The van der Waals surface area contributed by atoms with Crippen molar-refractivity contribution in [2.75, 3.05) is 24.5 Å². The van der Waals surface area contributed by atoms with Gasteiger partial charge in [0.2, 0.25) is 0 Å². The average Bonchev–Trinajstić information content (AvgIpc) is 2.69. The molecule has 0 unspecified atom stereocenters. The van der Waals surface area contributed by atoms with Gasteiger partial charge < -0.3 is 9.80 Å². The SMILES string of the molecule is CCN(C(=O)c1cccc(C(=O)N2CCC(C)CC2)c1)c1cccc(C)c1. The largest absolute Gasteiger partial charge is 0.339 e. The smallest absolute Gasteiger partial charge is 0.258 e. The van der Waals surface area contributed by atoms with E-state index in [1.165, 1.54) is 0 Å². The summed E-state index contributed by atoms with van der Waals surface area (Å²) >= 11 is 0. The Kier molecular flexibility index (Phi) is 5.94. The van der Waals surface area contributed by atoms with Crippen molar-refractivity contribution in [1.29, 1.82) is 0 Å². The number of nitrogens with zero attached hydrogens (tertiary/aromatic N) is 2. The molecule has 3 rings (SSSR count). The molecular formula is C23H28N2O2. The van der Waals surface area contributed by atoms with E-state index < -0.39 is 0 Å². The van der Waals surface area contributed by atoms with E-state index >= 15 is 0 Å². The van der Waals surface area contributed by atoms with Crippen molar-refractivity contribution in [3.63, 3.8) is 0 Å². The van der Waals surface area contributed by atoms with Crippen molar-refractivity contribution in [3.05, 3.63) is 65.2 Å². The van der Waals surface area contributed by atoms with Crippen LogP contribution in [0.3, 0.4) is 0 Å². The summed E-state index contributed by atoms with van der Waals surface area (Å²) in [7, 11) is 0. The molecule has 4 heteroatoms. The molecule has 1 heterocycles. The fourth-order valence-electron chi connectivity index (χ4n) is 3.57. The Morgan fingerprint density at radius 1 is 1.04 bits per heavy atom. The van der Waals surface area contributed by atoms with E-state index in [0.717, 1.165) is 37.2 Å². The molecule has 1 fully saturated rings. The van der Waals surface area contributed by atoms with Crippen molar-refractivity contribution < 1.29 is 9.59 Å². The van der Waals surface area contributed by atoms with Crippen molar-refractivity contribution >= 4 is 17.5 Å². The maximum Gasteiger partial charge on any atom is 0.258 e. The van der Waals surface area contributed by atoms with Gasteiger partial charge in [-0.05, 0) is 68.5 Å². The minimum Gasteiger partial charge on any atom is -0.339 e. The van der Waals surface area contributed by atoms with Gasteiger partial charge in [-0.2, -0.15) is 0 Å². The van der Waals surface area contributed by atoms with Gasteiger partial charge >= 0.3 is 0 Å². The number of carbonyl (C=O) groups excluding carboxylic acids is 2. The van der Waals surface area contributed by atoms with Crippen LogP contribution in [0.2, 0.25) is 0 Å². The van der Waals surface area contributed by atoms with Crippen LogP contribution in [0, 0.1) is 12.8 Å². The van der Waals surface area contributed by atoms with Gasteiger partial charge in [0.1, 0.15) is 0 Å². The minimum absolute atomic E-state index is 0.0233. The van der Waals surface area contributed by atoms with Crippen LogP contribution in [0.15, 0.2) is 48.5 Å². The molecule has 0 aliphatic carbocycles. The molecule has 1 aliphatic rings. The lowest BCUT2D eigenvalue weighted by atomic mass is 9.98. The van der Waals surface area contributed by atoms with Crippen LogP contribution >= 0.6 is 0 Å². The van der Waals surface area contributed by atoms with Gasteiger partial charge in [-0.3, -0.25) is 9.59 Å². The lowest BCUT2D eigenvalue weighted by molar-refractivity contribution is 0.0697. The standard InChI is InChI=1S/C23H28N2O2/c1-4-25(21-10-5-7-18(3)15-21)23(27)20-9-6-8-19(16-20)22(26)24-13-11-17(2)12-14-24/h5-10,15-17H,4,11-14H2,1-3H3. The number of piperidine rings is 1. The molecule has 0 saturated carbocycles. The van der Waals surface area contributed by atoms with Crippen molar-refractivity contribution in [2.24, 2.45) is 5.92 Å². The minimum atomic E-state index is -0.0787. The predicted octanol–water partition coefficient (Wildman–Crippen LogP) is 4.53. The Morgan fingerprint density at radius 3 is 2.37 bits per heavy atom. The Labute approximate surface area is 161 Å². The molecule has 27 heavy (non-hydrogen) atoms. The third kappa shape index (κ3) is 4.38. The zero-order chi connectivity index (χ0) is 19.4. The van der Waals surface area contributed by atoms with E-state index in [-0.39, 0.29) is 11.8 Å². The number of anilines is 1. The van der Waals surface area contributed by atoms with Crippen LogP contribution < -0.4 is 4.90 Å². The quantitative estimate of drug-likeness (QED) is 0.799. The van der Waals surface area contributed by atoms with Gasteiger partial charge in [0.25, 0.3) is 11.8 Å². The van der Waals surface area contributed by atoms with Crippen molar-refractivity contribution in [1.82, 2.24) is 4.90 Å². The monoisotopic (exact) mass is 364 g/mol. The van der Waals surface area contributed by atoms with Gasteiger partial charge in [-0.25, -0.2) is 0 Å². The maximum atomic E-state index is 13.1. The second kappa shape index (κ2) is 8.38. The van der Waals surface area contributed by atoms with Crippen molar-refractivity contribution in [3.8, 4) is 0 Å². The van der Waals surface area contributed by atoms with E-state index in [1.54, 1.807) is 29.2 Å². The summed E-state index contributed by atoms with van der Waals surface area (Å²) in [4.78, 5) is 29.6. The molecule has 1 aliphatic heterocycles. The molecule has 2 aromatic rings. The third-order valence-corrected chi connectivity index (χ3v) is 5.30. The molecule has 4 nitrogen and oxygen atoms in total. The summed E-state index contributed by atoms with van der Waals surface area (Å²) in [6.07, 6.45) is 2.09. The summed E-state index contributed by atoms with van der Waals surface area (Å²) in [6, 6.07) is 15.1. The summed E-state index contributed by atoms with van der Waals surface area (Å²) in [5, 5.41) is 0. The number of hydrogen-bond acceptors (Lipinski definition) is 2. The normalized spacial score (nSPS) is 14.9. The van der Waals surface area contributed by atoms with Crippen molar-refractivity contribution in [2.45, 2.75) is 33.6 Å². The van der Waals surface area contributed by atoms with Gasteiger partial charge in [0.15, 0.2) is 0 Å². The Balaban J connectivity index is 1.81. The van der Waals surface area contributed by atoms with Crippen LogP contribution in [0.5, 0.6) is 0 Å². The lowest BCUT2D eigenvalue weighted by Gasteiger charge is -2.30. The first-order valence-corrected chi connectivity index (χ1v) is 9.77. The average molecular weight is 364 g/mol. The summed E-state index contributed by atoms with van der Waals surface area (Å²) in [6.45, 7) is 8.37. The van der Waals surface area contributed by atoms with E-state index in [4.69, 9.17) is 0 Å². The highest BCUT2D eigenvalue weighted by atomic mass is 16.2. The summed E-state index contributed by atoms with van der Waals surface area (Å²) in [5.74, 6) is 0.620. The van der Waals surface area contributed by atoms with E-state index in [0.29, 0.717) is 23.6 Å². The lowest BCUT2D eigenvalue weighted by Crippen LogP contribution is -2.38. The van der Waals surface area contributed by atoms with Gasteiger partial charge in [-0.15, -0.1) is 0 Å². The van der Waals surface area contributed by atoms with E-state index in [2.05, 4.69) is 6.92 Å². The second-order valence-corrected chi connectivity index (χ2v) is 7.44. The number of likely N-dealkylation sites (tertiary alicyclic amines) is 1. The third-order valence-electron chi connectivity index (χ3n) is 5.30. The first-order chi connectivity index (χ1) is 13.0. The molecule has 0 radical (unpaired) electrons. The highest BCUT2D eigenvalue weighted by molar-refractivity contribution is 6.07.